The molecule has 0 aliphatic carbocycles. The molecule has 3 aromatic rings. The number of ether oxygens (including phenoxy) is 3. The zero-order valence-corrected chi connectivity index (χ0v) is 20.1. The van der Waals surface area contributed by atoms with Gasteiger partial charge in [-0.1, -0.05) is 18.2 Å². The van der Waals surface area contributed by atoms with E-state index in [-0.39, 0.29) is 0 Å². The van der Waals surface area contributed by atoms with Crippen molar-refractivity contribution >= 4 is 27.3 Å². The zero-order chi connectivity index (χ0) is 24.8. The van der Waals surface area contributed by atoms with Crippen molar-refractivity contribution in [2.24, 2.45) is 5.10 Å². The van der Waals surface area contributed by atoms with Crippen LogP contribution in [0.1, 0.15) is 12.5 Å². The Hall–Kier alpha value is -4.05. The number of fused-ring (bicyclic) bond motifs is 1. The Morgan fingerprint density at radius 2 is 1.63 bits per heavy atom. The average Bonchev–Trinajstić information content (AvgIpc) is 2.86. The van der Waals surface area contributed by atoms with Crippen LogP contribution in [0.4, 0.5) is 5.69 Å². The predicted molar refractivity (Wildman–Crippen MR) is 133 cm³/mol. The molecular formula is C25H25N3O6S. The number of benzene rings is 3. The number of carbonyl (C=O) groups excluding carboxylic acids is 1. The molecule has 0 saturated carbocycles. The van der Waals surface area contributed by atoms with E-state index in [0.717, 1.165) is 16.1 Å². The minimum Gasteiger partial charge on any atom is -0.486 e. The van der Waals surface area contributed by atoms with Crippen molar-refractivity contribution in [1.82, 2.24) is 5.43 Å². The van der Waals surface area contributed by atoms with Gasteiger partial charge in [-0.05, 0) is 61.5 Å². The average molecular weight is 496 g/mol. The molecule has 9 nitrogen and oxygen atoms in total. The largest absolute Gasteiger partial charge is 0.486 e. The summed E-state index contributed by atoms with van der Waals surface area (Å²) in [6.45, 7) is 2.25. The molecule has 4 rings (SSSR count). The minimum atomic E-state index is -3.73. The molecule has 0 unspecified atom stereocenters. The fraction of sp³-hybridized carbons (Fsp3) is 0.200. The van der Waals surface area contributed by atoms with Crippen LogP contribution in [0.5, 0.6) is 23.0 Å². The molecule has 0 spiro atoms. The lowest BCUT2D eigenvalue weighted by Gasteiger charge is -2.21. The van der Waals surface area contributed by atoms with Crippen LogP contribution in [-0.4, -0.2) is 46.1 Å². The Balaban J connectivity index is 1.42. The Bertz CT molecular complexity index is 1330. The van der Waals surface area contributed by atoms with Gasteiger partial charge in [0.05, 0.1) is 17.7 Å². The first-order chi connectivity index (χ1) is 16.8. The first kappa shape index (κ1) is 24.1. The third kappa shape index (κ3) is 6.30. The molecule has 10 heteroatoms. The highest BCUT2D eigenvalue weighted by atomic mass is 32.2. The summed E-state index contributed by atoms with van der Waals surface area (Å²) >= 11 is 0. The van der Waals surface area contributed by atoms with E-state index in [1.54, 1.807) is 49.4 Å². The molecule has 0 saturated heterocycles. The van der Waals surface area contributed by atoms with Gasteiger partial charge in [-0.25, -0.2) is 13.8 Å². The standard InChI is InChI=1S/C25H25N3O6S/c1-18(19-8-13-23-24(16-19)33-15-14-32-23)26-27-25(29)17-28(35(2,30)31)20-9-11-22(12-10-20)34-21-6-4-3-5-7-21/h3-13,16H,14-15,17H2,1-2H3,(H,27,29)/b26-18-. The van der Waals surface area contributed by atoms with Crippen molar-refractivity contribution in [1.29, 1.82) is 0 Å². The maximum atomic E-state index is 12.6. The molecule has 35 heavy (non-hydrogen) atoms. The van der Waals surface area contributed by atoms with E-state index in [1.165, 1.54) is 0 Å². The highest BCUT2D eigenvalue weighted by molar-refractivity contribution is 7.92. The molecule has 1 amide bonds. The number of hydrogen-bond acceptors (Lipinski definition) is 7. The van der Waals surface area contributed by atoms with Crippen LogP contribution in [0, 0.1) is 0 Å². The van der Waals surface area contributed by atoms with Gasteiger partial charge in [-0.3, -0.25) is 9.10 Å². The topological polar surface area (TPSA) is 107 Å². The van der Waals surface area contributed by atoms with Crippen LogP contribution >= 0.6 is 0 Å². The SMILES string of the molecule is C/C(=N/NC(=O)CN(c1ccc(Oc2ccccc2)cc1)S(C)(=O)=O)c1ccc2c(c1)OCCO2. The van der Waals surface area contributed by atoms with Gasteiger partial charge in [0, 0.05) is 5.56 Å². The molecule has 0 atom stereocenters. The molecular weight excluding hydrogens is 470 g/mol. The van der Waals surface area contributed by atoms with Gasteiger partial charge < -0.3 is 14.2 Å². The lowest BCUT2D eigenvalue weighted by Crippen LogP contribution is -2.39. The molecule has 3 aromatic carbocycles. The Morgan fingerprint density at radius 3 is 2.31 bits per heavy atom. The third-order valence-electron chi connectivity index (χ3n) is 5.10. The second kappa shape index (κ2) is 10.5. The summed E-state index contributed by atoms with van der Waals surface area (Å²) in [6, 6.07) is 21.0. The summed E-state index contributed by atoms with van der Waals surface area (Å²) in [5.74, 6) is 1.87. The number of nitrogens with one attached hydrogen (secondary N) is 1. The maximum Gasteiger partial charge on any atom is 0.260 e. The van der Waals surface area contributed by atoms with Crippen LogP contribution in [0.2, 0.25) is 0 Å². The van der Waals surface area contributed by atoms with Crippen LogP contribution in [-0.2, 0) is 14.8 Å². The maximum absolute atomic E-state index is 12.6. The van der Waals surface area contributed by atoms with Gasteiger partial charge in [0.2, 0.25) is 10.0 Å². The van der Waals surface area contributed by atoms with E-state index < -0.39 is 22.5 Å². The van der Waals surface area contributed by atoms with E-state index in [1.807, 2.05) is 30.3 Å². The van der Waals surface area contributed by atoms with Crippen molar-refractivity contribution in [2.75, 3.05) is 30.3 Å². The molecule has 0 bridgehead atoms. The smallest absolute Gasteiger partial charge is 0.260 e. The minimum absolute atomic E-state index is 0.329. The Labute approximate surface area is 204 Å². The molecule has 1 heterocycles. The van der Waals surface area contributed by atoms with Gasteiger partial charge in [0.1, 0.15) is 31.3 Å². The van der Waals surface area contributed by atoms with Crippen molar-refractivity contribution in [2.45, 2.75) is 6.92 Å². The van der Waals surface area contributed by atoms with Crippen molar-refractivity contribution in [3.63, 3.8) is 0 Å². The molecule has 0 radical (unpaired) electrons. The number of anilines is 1. The summed E-state index contributed by atoms with van der Waals surface area (Å²) < 4.78 is 42.6. The highest BCUT2D eigenvalue weighted by Gasteiger charge is 2.21. The number of nitrogens with zero attached hydrogens (tertiary/aromatic N) is 2. The van der Waals surface area contributed by atoms with Crippen LogP contribution < -0.4 is 23.9 Å². The van der Waals surface area contributed by atoms with Crippen LogP contribution in [0.3, 0.4) is 0 Å². The number of carbonyl (C=O) groups is 1. The fourth-order valence-electron chi connectivity index (χ4n) is 3.35. The predicted octanol–water partition coefficient (Wildman–Crippen LogP) is 3.56. The van der Waals surface area contributed by atoms with Crippen LogP contribution in [0.25, 0.3) is 0 Å². The van der Waals surface area contributed by atoms with E-state index in [9.17, 15) is 13.2 Å². The zero-order valence-electron chi connectivity index (χ0n) is 19.3. The first-order valence-corrected chi connectivity index (χ1v) is 12.7. The summed E-state index contributed by atoms with van der Waals surface area (Å²) in [5.41, 5.74) is 4.02. The van der Waals surface area contributed by atoms with Gasteiger partial charge in [0.15, 0.2) is 11.5 Å². The van der Waals surface area contributed by atoms with Gasteiger partial charge in [-0.15, -0.1) is 0 Å². The lowest BCUT2D eigenvalue weighted by molar-refractivity contribution is -0.119. The van der Waals surface area contributed by atoms with E-state index >= 15 is 0 Å². The number of rotatable bonds is 8. The van der Waals surface area contributed by atoms with Crippen molar-refractivity contribution < 1.29 is 27.4 Å². The first-order valence-electron chi connectivity index (χ1n) is 10.8. The summed E-state index contributed by atoms with van der Waals surface area (Å²) in [4.78, 5) is 12.6. The molecule has 0 aromatic heterocycles. The van der Waals surface area contributed by atoms with Gasteiger partial charge in [0.25, 0.3) is 5.91 Å². The molecule has 0 fully saturated rings. The molecule has 1 N–H and O–H groups in total. The summed E-state index contributed by atoms with van der Waals surface area (Å²) in [5, 5.41) is 4.11. The highest BCUT2D eigenvalue weighted by Crippen LogP contribution is 2.31. The van der Waals surface area contributed by atoms with E-state index in [2.05, 4.69) is 10.5 Å². The lowest BCUT2D eigenvalue weighted by atomic mass is 10.1. The Kier molecular flexibility index (Phi) is 7.21. The van der Waals surface area contributed by atoms with Crippen molar-refractivity contribution in [3.05, 3.63) is 78.4 Å². The number of para-hydroxylation sites is 1. The second-order valence-electron chi connectivity index (χ2n) is 7.77. The van der Waals surface area contributed by atoms with Crippen LogP contribution in [0.15, 0.2) is 77.9 Å². The number of hydrogen-bond donors (Lipinski definition) is 1. The van der Waals surface area contributed by atoms with Crippen molar-refractivity contribution in [3.8, 4) is 23.0 Å². The Morgan fingerprint density at radius 1 is 0.971 bits per heavy atom. The number of hydrazone groups is 1. The second-order valence-corrected chi connectivity index (χ2v) is 9.68. The fourth-order valence-corrected chi connectivity index (χ4v) is 4.21. The molecule has 1 aliphatic heterocycles. The number of sulfonamides is 1. The molecule has 1 aliphatic rings. The summed E-state index contributed by atoms with van der Waals surface area (Å²) in [7, 11) is -3.73. The van der Waals surface area contributed by atoms with Gasteiger partial charge >= 0.3 is 0 Å². The van der Waals surface area contributed by atoms with E-state index in [4.69, 9.17) is 14.2 Å². The van der Waals surface area contributed by atoms with Gasteiger partial charge in [-0.2, -0.15) is 5.10 Å². The van der Waals surface area contributed by atoms with E-state index in [0.29, 0.717) is 47.6 Å². The summed E-state index contributed by atoms with van der Waals surface area (Å²) in [6.07, 6.45) is 1.04. The quantitative estimate of drug-likeness (QED) is 0.378. The number of amides is 1. The normalized spacial score (nSPS) is 13.1. The third-order valence-corrected chi connectivity index (χ3v) is 6.24. The molecule has 182 valence electrons. The monoisotopic (exact) mass is 495 g/mol.